The highest BCUT2D eigenvalue weighted by molar-refractivity contribution is 6.20. The van der Waals surface area contributed by atoms with Crippen LogP contribution in [0.1, 0.15) is 0 Å². The van der Waals surface area contributed by atoms with Gasteiger partial charge in [0.1, 0.15) is 0 Å². The minimum Gasteiger partial charge on any atom is -0.321 e. The number of hydrogen-bond donors (Lipinski definition) is 1. The predicted octanol–water partition coefficient (Wildman–Crippen LogP) is 1.39. The average Bonchev–Trinajstić information content (AvgIpc) is 2.02. The lowest BCUT2D eigenvalue weighted by Crippen LogP contribution is -2.17. The minimum atomic E-state index is -0.141. The van der Waals surface area contributed by atoms with Gasteiger partial charge in [0.2, 0.25) is 0 Å². The molecule has 1 aromatic rings. The minimum absolute atomic E-state index is 0.141. The van der Waals surface area contributed by atoms with Crippen LogP contribution in [-0.2, 0) is 4.79 Å². The first kappa shape index (κ1) is 7.73. The Labute approximate surface area is 75.8 Å². The normalized spacial score (nSPS) is 13.1. The van der Waals surface area contributed by atoms with E-state index in [4.69, 9.17) is 0 Å². The van der Waals surface area contributed by atoms with E-state index < -0.39 is 0 Å². The third-order valence-corrected chi connectivity index (χ3v) is 1.65. The monoisotopic (exact) mass is 171 g/mol. The second-order valence-electron chi connectivity index (χ2n) is 2.59. The van der Waals surface area contributed by atoms with Crippen molar-refractivity contribution in [3.05, 3.63) is 42.1 Å². The highest BCUT2D eigenvalue weighted by Gasteiger charge is 2.10. The second-order valence-corrected chi connectivity index (χ2v) is 2.59. The van der Waals surface area contributed by atoms with Crippen molar-refractivity contribution in [2.24, 2.45) is 4.99 Å². The first-order chi connectivity index (χ1) is 6.36. The number of anilines is 1. The molecule has 3 heteroatoms. The summed E-state index contributed by atoms with van der Waals surface area (Å²) in [5, 5.41) is 2.69. The Morgan fingerprint density at radius 1 is 1.46 bits per heavy atom. The van der Waals surface area contributed by atoms with Gasteiger partial charge in [0.15, 0.2) is 0 Å². The quantitative estimate of drug-likeness (QED) is 0.717. The molecule has 1 aliphatic rings. The summed E-state index contributed by atoms with van der Waals surface area (Å²) in [7, 11) is 0. The summed E-state index contributed by atoms with van der Waals surface area (Å²) in [4.78, 5) is 15.0. The van der Waals surface area contributed by atoms with E-state index >= 15 is 0 Å². The summed E-state index contributed by atoms with van der Waals surface area (Å²) in [5.41, 5.74) is 1.27. The Morgan fingerprint density at radius 2 is 2.31 bits per heavy atom. The molecule has 0 saturated heterocycles. The van der Waals surface area contributed by atoms with Crippen LogP contribution in [0.3, 0.4) is 0 Å². The molecule has 63 valence electrons. The molecule has 13 heavy (non-hydrogen) atoms. The molecule has 1 heterocycles. The highest BCUT2D eigenvalue weighted by atomic mass is 16.1. The zero-order chi connectivity index (χ0) is 9.10. The standard InChI is InChI=1S/C10H7N2O/c13-10(8-6-11-7-8)12-9-4-2-1-3-5-9/h1-4,6-7H,(H,12,13). The van der Waals surface area contributed by atoms with E-state index in [1.54, 1.807) is 12.1 Å². The van der Waals surface area contributed by atoms with E-state index in [1.165, 1.54) is 12.4 Å². The maximum Gasteiger partial charge on any atom is 0.258 e. The van der Waals surface area contributed by atoms with Gasteiger partial charge in [-0.05, 0) is 6.07 Å². The van der Waals surface area contributed by atoms with Crippen molar-refractivity contribution in [1.82, 2.24) is 0 Å². The molecule has 0 aromatic heterocycles. The molecule has 2 rings (SSSR count). The van der Waals surface area contributed by atoms with Crippen molar-refractivity contribution < 1.29 is 4.79 Å². The molecular weight excluding hydrogens is 164 g/mol. The fourth-order valence-electron chi connectivity index (χ4n) is 0.932. The molecule has 0 atom stereocenters. The van der Waals surface area contributed by atoms with Crippen molar-refractivity contribution in [3.8, 4) is 0 Å². The number of hydrogen-bond acceptors (Lipinski definition) is 2. The average molecular weight is 171 g/mol. The number of rotatable bonds is 2. The Hall–Kier alpha value is -1.90. The first-order valence-corrected chi connectivity index (χ1v) is 3.88. The van der Waals surface area contributed by atoms with Crippen molar-refractivity contribution in [3.63, 3.8) is 0 Å². The van der Waals surface area contributed by atoms with Gasteiger partial charge in [-0.3, -0.25) is 9.79 Å². The Morgan fingerprint density at radius 3 is 2.85 bits per heavy atom. The van der Waals surface area contributed by atoms with Gasteiger partial charge in [0, 0.05) is 24.2 Å². The van der Waals surface area contributed by atoms with Crippen LogP contribution in [0.2, 0.25) is 0 Å². The van der Waals surface area contributed by atoms with E-state index in [0.717, 1.165) is 0 Å². The molecule has 0 saturated carbocycles. The lowest BCUT2D eigenvalue weighted by atomic mass is 10.2. The van der Waals surface area contributed by atoms with Crippen molar-refractivity contribution in [2.45, 2.75) is 0 Å². The van der Waals surface area contributed by atoms with Crippen LogP contribution in [-0.4, -0.2) is 12.1 Å². The van der Waals surface area contributed by atoms with Gasteiger partial charge in [0.25, 0.3) is 5.91 Å². The number of nitrogens with zero attached hydrogens (tertiary/aromatic N) is 1. The van der Waals surface area contributed by atoms with Gasteiger partial charge < -0.3 is 5.32 Å². The zero-order valence-corrected chi connectivity index (χ0v) is 6.82. The van der Waals surface area contributed by atoms with Gasteiger partial charge in [-0.15, -0.1) is 0 Å². The van der Waals surface area contributed by atoms with Crippen LogP contribution in [0.4, 0.5) is 5.69 Å². The van der Waals surface area contributed by atoms with Crippen LogP contribution in [0, 0.1) is 6.07 Å². The van der Waals surface area contributed by atoms with Gasteiger partial charge in [0.05, 0.1) is 5.57 Å². The smallest absolute Gasteiger partial charge is 0.258 e. The number of carbonyl (C=O) groups excluding carboxylic acids is 1. The highest BCUT2D eigenvalue weighted by Crippen LogP contribution is 2.08. The molecule has 1 aromatic carbocycles. The molecule has 0 fully saturated rings. The molecule has 1 aliphatic heterocycles. The lowest BCUT2D eigenvalue weighted by Gasteiger charge is -2.06. The Kier molecular flexibility index (Phi) is 1.92. The summed E-state index contributed by atoms with van der Waals surface area (Å²) < 4.78 is 0. The second kappa shape index (κ2) is 3.23. The summed E-state index contributed by atoms with van der Waals surface area (Å²) in [5.74, 6) is -0.141. The molecular formula is C10H7N2O. The lowest BCUT2D eigenvalue weighted by molar-refractivity contribution is -0.112. The number of amides is 1. The zero-order valence-electron chi connectivity index (χ0n) is 6.82. The number of benzene rings is 1. The van der Waals surface area contributed by atoms with Crippen LogP contribution in [0.25, 0.3) is 0 Å². The van der Waals surface area contributed by atoms with Crippen LogP contribution >= 0.6 is 0 Å². The van der Waals surface area contributed by atoms with E-state index in [1.807, 2.05) is 12.1 Å². The summed E-state index contributed by atoms with van der Waals surface area (Å²) in [6.45, 7) is 0. The van der Waals surface area contributed by atoms with E-state index in [2.05, 4.69) is 16.4 Å². The largest absolute Gasteiger partial charge is 0.321 e. The first-order valence-electron chi connectivity index (χ1n) is 3.88. The van der Waals surface area contributed by atoms with E-state index in [-0.39, 0.29) is 5.91 Å². The molecule has 0 bridgehead atoms. The third-order valence-electron chi connectivity index (χ3n) is 1.65. The van der Waals surface area contributed by atoms with Gasteiger partial charge in [-0.25, -0.2) is 0 Å². The fraction of sp³-hybridized carbons (Fsp3) is 0. The summed E-state index contributed by atoms with van der Waals surface area (Å²) in [6, 6.07) is 10.1. The third kappa shape index (κ3) is 1.64. The summed E-state index contributed by atoms with van der Waals surface area (Å²) >= 11 is 0. The van der Waals surface area contributed by atoms with Crippen molar-refractivity contribution in [1.29, 1.82) is 0 Å². The number of para-hydroxylation sites is 1. The van der Waals surface area contributed by atoms with E-state index in [9.17, 15) is 4.79 Å². The number of nitrogens with one attached hydrogen (secondary N) is 1. The van der Waals surface area contributed by atoms with Crippen molar-refractivity contribution in [2.75, 3.05) is 5.32 Å². The summed E-state index contributed by atoms with van der Waals surface area (Å²) in [6.07, 6.45) is 3.05. The van der Waals surface area contributed by atoms with Gasteiger partial charge in [-0.2, -0.15) is 0 Å². The molecule has 0 spiro atoms. The SMILES string of the molecule is O=C(Nc1[c]cccc1)C1=CN=C1. The van der Waals surface area contributed by atoms with Crippen molar-refractivity contribution >= 4 is 17.8 Å². The fourth-order valence-corrected chi connectivity index (χ4v) is 0.932. The molecule has 0 aliphatic carbocycles. The Balaban J connectivity index is 2.02. The molecule has 1 amide bonds. The molecule has 0 unspecified atom stereocenters. The van der Waals surface area contributed by atoms with Gasteiger partial charge in [-0.1, -0.05) is 18.2 Å². The molecule has 1 N–H and O–H groups in total. The van der Waals surface area contributed by atoms with Crippen LogP contribution < -0.4 is 5.32 Å². The number of carbonyl (C=O) groups is 1. The van der Waals surface area contributed by atoms with Crippen LogP contribution in [0.5, 0.6) is 0 Å². The molecule has 3 nitrogen and oxygen atoms in total. The maximum absolute atomic E-state index is 11.3. The molecule has 1 radical (unpaired) electrons. The Bertz CT molecular complexity index is 379. The van der Waals surface area contributed by atoms with Gasteiger partial charge >= 0.3 is 0 Å². The predicted molar refractivity (Wildman–Crippen MR) is 50.5 cm³/mol. The number of aliphatic imine (C=N–C) groups is 1. The maximum atomic E-state index is 11.3. The van der Waals surface area contributed by atoms with Crippen LogP contribution in [0.15, 0.2) is 41.0 Å². The topological polar surface area (TPSA) is 41.5 Å². The van der Waals surface area contributed by atoms with E-state index in [0.29, 0.717) is 11.3 Å².